The van der Waals surface area contributed by atoms with Gasteiger partial charge in [0.25, 0.3) is 0 Å². The molecule has 1 saturated heterocycles. The fourth-order valence-electron chi connectivity index (χ4n) is 6.04. The molecule has 0 spiro atoms. The number of hydrogen-bond acceptors (Lipinski definition) is 4. The molecule has 0 aromatic heterocycles. The van der Waals surface area contributed by atoms with E-state index in [1.54, 1.807) is 6.07 Å². The summed E-state index contributed by atoms with van der Waals surface area (Å²) in [4.78, 5) is 6.51. The smallest absolute Gasteiger partial charge is 0.126 e. The lowest BCUT2D eigenvalue weighted by Gasteiger charge is -2.37. The van der Waals surface area contributed by atoms with Crippen LogP contribution in [0.3, 0.4) is 0 Å². The van der Waals surface area contributed by atoms with E-state index in [9.17, 15) is 4.39 Å². The Morgan fingerprint density at radius 2 is 1.97 bits per heavy atom. The second kappa shape index (κ2) is 13.5. The molecular formula is C29H37ClFIN2O2. The lowest BCUT2D eigenvalue weighted by Crippen LogP contribution is -2.41. The third-order valence-electron chi connectivity index (χ3n) is 7.64. The van der Waals surface area contributed by atoms with Crippen LogP contribution in [0.25, 0.3) is 0 Å². The van der Waals surface area contributed by atoms with Gasteiger partial charge in [-0.15, -0.1) is 0 Å². The number of halogens is 3. The van der Waals surface area contributed by atoms with Crippen LogP contribution in [0.2, 0.25) is 5.02 Å². The summed E-state index contributed by atoms with van der Waals surface area (Å²) in [5.74, 6) is 1.99. The Morgan fingerprint density at radius 3 is 2.75 bits per heavy atom. The van der Waals surface area contributed by atoms with Crippen LogP contribution < -0.4 is 10.1 Å². The van der Waals surface area contributed by atoms with Gasteiger partial charge in [0.1, 0.15) is 24.3 Å². The molecule has 4 aliphatic rings. The number of fused-ring (bicyclic) bond motifs is 5. The Balaban J connectivity index is 0.000000159. The third-order valence-corrected chi connectivity index (χ3v) is 7.87. The SMILES string of the molecule is CI.CN=C1C2CCCC1c1ccc(Cl)cc1C2.Fc1ccc(OC[C@@H]2CNCCO2)c2c1CCC2. The number of nitrogens with one attached hydrogen (secondary N) is 1. The van der Waals surface area contributed by atoms with Gasteiger partial charge in [0.15, 0.2) is 0 Å². The van der Waals surface area contributed by atoms with Gasteiger partial charge in [-0.3, -0.25) is 4.99 Å². The van der Waals surface area contributed by atoms with E-state index in [1.165, 1.54) is 42.2 Å². The van der Waals surface area contributed by atoms with Crippen molar-refractivity contribution in [3.05, 3.63) is 63.4 Å². The average Bonchev–Trinajstić information content (AvgIpc) is 3.41. The summed E-state index contributed by atoms with van der Waals surface area (Å²) in [6, 6.07) is 9.63. The molecule has 1 saturated carbocycles. The van der Waals surface area contributed by atoms with Gasteiger partial charge in [-0.05, 0) is 84.4 Å². The number of ether oxygens (including phenoxy) is 2. The highest BCUT2D eigenvalue weighted by atomic mass is 127. The van der Waals surface area contributed by atoms with E-state index in [4.69, 9.17) is 21.1 Å². The number of hydrogen-bond donors (Lipinski definition) is 1. The lowest BCUT2D eigenvalue weighted by molar-refractivity contribution is 0.0000136. The number of alkyl halides is 1. The summed E-state index contributed by atoms with van der Waals surface area (Å²) in [6.07, 6.45) is 7.92. The number of rotatable bonds is 3. The van der Waals surface area contributed by atoms with Gasteiger partial charge in [-0.25, -0.2) is 4.39 Å². The van der Waals surface area contributed by atoms with Crippen molar-refractivity contribution < 1.29 is 13.9 Å². The highest BCUT2D eigenvalue weighted by Crippen LogP contribution is 2.42. The first-order chi connectivity index (χ1) is 17.6. The maximum Gasteiger partial charge on any atom is 0.126 e. The largest absolute Gasteiger partial charge is 0.491 e. The minimum Gasteiger partial charge on any atom is -0.491 e. The summed E-state index contributed by atoms with van der Waals surface area (Å²) in [5.41, 5.74) is 6.26. The maximum absolute atomic E-state index is 13.6. The minimum absolute atomic E-state index is 0.0922. The minimum atomic E-state index is -0.0922. The predicted octanol–water partition coefficient (Wildman–Crippen LogP) is 6.58. The third kappa shape index (κ3) is 6.43. The summed E-state index contributed by atoms with van der Waals surface area (Å²) in [6.45, 7) is 2.99. The molecule has 0 amide bonds. The van der Waals surface area contributed by atoms with E-state index >= 15 is 0 Å². The van der Waals surface area contributed by atoms with Gasteiger partial charge in [-0.1, -0.05) is 46.7 Å². The van der Waals surface area contributed by atoms with E-state index in [0.717, 1.165) is 67.3 Å². The maximum atomic E-state index is 13.6. The van der Waals surface area contributed by atoms with E-state index in [-0.39, 0.29) is 11.9 Å². The van der Waals surface area contributed by atoms with E-state index in [1.807, 2.05) is 18.0 Å². The molecule has 2 unspecified atom stereocenters. The van der Waals surface area contributed by atoms with E-state index in [0.29, 0.717) is 18.4 Å². The molecule has 7 heteroatoms. The first-order valence-electron chi connectivity index (χ1n) is 13.0. The van der Waals surface area contributed by atoms with Crippen LogP contribution in [-0.2, 0) is 24.0 Å². The predicted molar refractivity (Wildman–Crippen MR) is 155 cm³/mol. The summed E-state index contributed by atoms with van der Waals surface area (Å²) in [7, 11) is 1.95. The Labute approximate surface area is 233 Å². The molecule has 1 N–H and O–H groups in total. The average molecular weight is 627 g/mol. The van der Waals surface area contributed by atoms with Crippen LogP contribution in [0.4, 0.5) is 4.39 Å². The second-order valence-electron chi connectivity index (χ2n) is 9.74. The Kier molecular flexibility index (Phi) is 10.5. The van der Waals surface area contributed by atoms with Crippen LogP contribution in [-0.4, -0.2) is 50.1 Å². The van der Waals surface area contributed by atoms with Crippen molar-refractivity contribution in [2.75, 3.05) is 38.3 Å². The highest BCUT2D eigenvalue weighted by molar-refractivity contribution is 14.1. The molecule has 3 atom stereocenters. The topological polar surface area (TPSA) is 42.8 Å². The van der Waals surface area contributed by atoms with Crippen molar-refractivity contribution in [2.24, 2.45) is 10.9 Å². The van der Waals surface area contributed by atoms with Gasteiger partial charge in [0.2, 0.25) is 0 Å². The number of aliphatic imine (C=N–C) groups is 1. The van der Waals surface area contributed by atoms with Crippen molar-refractivity contribution >= 4 is 39.9 Å². The first-order valence-corrected chi connectivity index (χ1v) is 15.6. The molecular weight excluding hydrogens is 590 g/mol. The van der Waals surface area contributed by atoms with Gasteiger partial charge in [0.05, 0.1) is 6.61 Å². The molecule has 2 aromatic rings. The number of morpholine rings is 1. The zero-order valence-electron chi connectivity index (χ0n) is 21.3. The van der Waals surface area contributed by atoms with Crippen LogP contribution >= 0.6 is 34.2 Å². The van der Waals surface area contributed by atoms with Crippen LogP contribution in [0, 0.1) is 11.7 Å². The molecule has 6 rings (SSSR count). The highest BCUT2D eigenvalue weighted by Gasteiger charge is 2.35. The molecule has 1 aliphatic heterocycles. The fourth-order valence-corrected chi connectivity index (χ4v) is 6.23. The molecule has 0 radical (unpaired) electrons. The summed E-state index contributed by atoms with van der Waals surface area (Å²) < 4.78 is 25.0. The number of benzene rings is 2. The van der Waals surface area contributed by atoms with Crippen molar-refractivity contribution in [1.82, 2.24) is 5.32 Å². The van der Waals surface area contributed by atoms with E-state index < -0.39 is 0 Å². The molecule has 36 heavy (non-hydrogen) atoms. The first kappa shape index (κ1) is 27.8. The molecule has 2 fully saturated rings. The fraction of sp³-hybridized carbons (Fsp3) is 0.552. The monoisotopic (exact) mass is 626 g/mol. The van der Waals surface area contributed by atoms with Crippen LogP contribution in [0.1, 0.15) is 53.9 Å². The molecule has 2 aromatic carbocycles. The summed E-state index contributed by atoms with van der Waals surface area (Å²) in [5, 5.41) is 4.14. The van der Waals surface area contributed by atoms with Crippen molar-refractivity contribution in [2.45, 2.75) is 57.0 Å². The van der Waals surface area contributed by atoms with Gasteiger partial charge >= 0.3 is 0 Å². The van der Waals surface area contributed by atoms with Crippen LogP contribution in [0.5, 0.6) is 5.75 Å². The van der Waals surface area contributed by atoms with Gasteiger partial charge in [-0.2, -0.15) is 0 Å². The zero-order valence-corrected chi connectivity index (χ0v) is 24.2. The zero-order chi connectivity index (χ0) is 25.5. The van der Waals surface area contributed by atoms with Crippen molar-refractivity contribution in [1.29, 1.82) is 0 Å². The van der Waals surface area contributed by atoms with Crippen LogP contribution in [0.15, 0.2) is 35.3 Å². The van der Waals surface area contributed by atoms with Crippen molar-refractivity contribution in [3.63, 3.8) is 0 Å². The molecule has 3 aliphatic carbocycles. The van der Waals surface area contributed by atoms with Gasteiger partial charge < -0.3 is 14.8 Å². The Morgan fingerprint density at radius 1 is 1.14 bits per heavy atom. The normalized spacial score (nSPS) is 25.0. The summed E-state index contributed by atoms with van der Waals surface area (Å²) >= 11 is 8.22. The van der Waals surface area contributed by atoms with E-state index in [2.05, 4.69) is 45.0 Å². The molecule has 2 bridgehead atoms. The molecule has 4 nitrogen and oxygen atoms in total. The lowest BCUT2D eigenvalue weighted by atomic mass is 9.68. The molecule has 196 valence electrons. The Bertz CT molecular complexity index is 1060. The standard InChI is InChI=1S/C14H16ClN.C14H18FNO2.CH3I/c1-16-14-9-3-2-4-13(14)12-6-5-11(15)8-10(12)7-9;15-13-4-5-14(12-3-1-2-11(12)13)18-9-10-8-16-6-7-17-10;1-2/h5-6,8-9,13H,2-4,7H2,1H3;4-5,10,16H,1-3,6-9H2;1H3/t;10-;/m.0./s1. The number of nitrogens with zero attached hydrogens (tertiary/aromatic N) is 1. The quantitative estimate of drug-likeness (QED) is 0.309. The Hall–Kier alpha value is -1.22. The molecule has 1 heterocycles. The van der Waals surface area contributed by atoms with Crippen molar-refractivity contribution in [3.8, 4) is 5.75 Å². The van der Waals surface area contributed by atoms with Gasteiger partial charge in [0, 0.05) is 48.3 Å². The second-order valence-corrected chi connectivity index (χ2v) is 10.2.